The van der Waals surface area contributed by atoms with Gasteiger partial charge in [-0.2, -0.15) is 0 Å². The molecular formula is C8H14N2S. The zero-order chi connectivity index (χ0) is 8.10. The van der Waals surface area contributed by atoms with Crippen molar-refractivity contribution in [1.82, 2.24) is 10.4 Å². The molecule has 0 aliphatic heterocycles. The van der Waals surface area contributed by atoms with Crippen LogP contribution in [-0.2, 0) is 6.42 Å². The summed E-state index contributed by atoms with van der Waals surface area (Å²) >= 11 is 1.82. The summed E-state index contributed by atoms with van der Waals surface area (Å²) in [6, 6.07) is 4.26. The summed E-state index contributed by atoms with van der Waals surface area (Å²) in [5, 5.41) is 4.10. The Kier molecular flexibility index (Phi) is 3.56. The minimum absolute atomic E-state index is 1.02. The van der Waals surface area contributed by atoms with E-state index in [2.05, 4.69) is 22.9 Å². The first kappa shape index (κ1) is 8.71. The molecular weight excluding hydrogens is 156 g/mol. The molecule has 0 saturated carbocycles. The van der Waals surface area contributed by atoms with Crippen LogP contribution in [0.15, 0.2) is 17.5 Å². The summed E-state index contributed by atoms with van der Waals surface area (Å²) in [6.07, 6.45) is 1.12. The molecule has 1 N–H and O–H groups in total. The normalized spacial score (nSPS) is 10.8. The van der Waals surface area contributed by atoms with Gasteiger partial charge >= 0.3 is 0 Å². The Balaban J connectivity index is 2.14. The van der Waals surface area contributed by atoms with Gasteiger partial charge < -0.3 is 0 Å². The van der Waals surface area contributed by atoms with E-state index in [0.717, 1.165) is 13.0 Å². The predicted octanol–water partition coefficient (Wildman–Crippen LogP) is 1.36. The molecule has 0 amide bonds. The van der Waals surface area contributed by atoms with E-state index in [1.165, 1.54) is 4.88 Å². The largest absolute Gasteiger partial charge is 0.255 e. The predicted molar refractivity (Wildman–Crippen MR) is 49.7 cm³/mol. The SMILES string of the molecule is CN(C)NCCc1cccs1. The van der Waals surface area contributed by atoms with Gasteiger partial charge in [-0.15, -0.1) is 11.3 Å². The minimum atomic E-state index is 1.02. The molecule has 0 unspecified atom stereocenters. The van der Waals surface area contributed by atoms with Gasteiger partial charge in [0.2, 0.25) is 0 Å². The highest BCUT2D eigenvalue weighted by Crippen LogP contribution is 2.07. The molecule has 0 radical (unpaired) electrons. The van der Waals surface area contributed by atoms with E-state index in [4.69, 9.17) is 0 Å². The van der Waals surface area contributed by atoms with Crippen LogP contribution in [0.1, 0.15) is 4.88 Å². The Bertz CT molecular complexity index is 182. The summed E-state index contributed by atoms with van der Waals surface area (Å²) in [7, 11) is 4.02. The Labute approximate surface area is 71.8 Å². The molecule has 0 aliphatic carbocycles. The molecule has 0 fully saturated rings. The van der Waals surface area contributed by atoms with Crippen molar-refractivity contribution < 1.29 is 0 Å². The lowest BCUT2D eigenvalue weighted by molar-refractivity contribution is 0.292. The van der Waals surface area contributed by atoms with Crippen LogP contribution in [0.25, 0.3) is 0 Å². The van der Waals surface area contributed by atoms with Gasteiger partial charge in [-0.3, -0.25) is 10.4 Å². The fourth-order valence-electron chi connectivity index (χ4n) is 0.858. The highest BCUT2D eigenvalue weighted by Gasteiger charge is 1.92. The van der Waals surface area contributed by atoms with Crippen molar-refractivity contribution in [2.75, 3.05) is 20.6 Å². The third-order valence-corrected chi connectivity index (χ3v) is 2.32. The number of hydrazine groups is 1. The molecule has 1 heterocycles. The van der Waals surface area contributed by atoms with Crippen LogP contribution < -0.4 is 5.43 Å². The maximum Gasteiger partial charge on any atom is 0.0150 e. The highest BCUT2D eigenvalue weighted by atomic mass is 32.1. The fourth-order valence-corrected chi connectivity index (χ4v) is 1.57. The molecule has 1 aromatic heterocycles. The number of nitrogens with zero attached hydrogens (tertiary/aromatic N) is 1. The Morgan fingerprint density at radius 3 is 2.91 bits per heavy atom. The Hall–Kier alpha value is -0.380. The maximum absolute atomic E-state index is 3.22. The van der Waals surface area contributed by atoms with Crippen molar-refractivity contribution in [1.29, 1.82) is 0 Å². The van der Waals surface area contributed by atoms with Gasteiger partial charge in [0, 0.05) is 25.5 Å². The topological polar surface area (TPSA) is 15.3 Å². The first-order chi connectivity index (χ1) is 5.29. The van der Waals surface area contributed by atoms with Crippen LogP contribution in [0.5, 0.6) is 0 Å². The smallest absolute Gasteiger partial charge is 0.0150 e. The number of rotatable bonds is 4. The van der Waals surface area contributed by atoms with Gasteiger partial charge in [0.25, 0.3) is 0 Å². The second kappa shape index (κ2) is 4.49. The average Bonchev–Trinajstić information content (AvgIpc) is 2.39. The molecule has 0 bridgehead atoms. The molecule has 0 aliphatic rings. The number of hydrogen-bond acceptors (Lipinski definition) is 3. The van der Waals surface area contributed by atoms with Gasteiger partial charge in [-0.25, -0.2) is 0 Å². The molecule has 0 atom stereocenters. The summed E-state index contributed by atoms with van der Waals surface area (Å²) in [6.45, 7) is 1.02. The molecule has 3 heteroatoms. The lowest BCUT2D eigenvalue weighted by Gasteiger charge is -2.10. The summed E-state index contributed by atoms with van der Waals surface area (Å²) < 4.78 is 0. The molecule has 1 aromatic rings. The van der Waals surface area contributed by atoms with Crippen molar-refractivity contribution in [3.05, 3.63) is 22.4 Å². The van der Waals surface area contributed by atoms with Gasteiger partial charge in [-0.1, -0.05) is 6.07 Å². The van der Waals surface area contributed by atoms with E-state index >= 15 is 0 Å². The van der Waals surface area contributed by atoms with E-state index in [-0.39, 0.29) is 0 Å². The molecule has 1 rings (SSSR count). The molecule has 2 nitrogen and oxygen atoms in total. The van der Waals surface area contributed by atoms with E-state index < -0.39 is 0 Å². The summed E-state index contributed by atoms with van der Waals surface area (Å²) in [4.78, 5) is 1.44. The number of thiophene rings is 1. The number of nitrogens with one attached hydrogen (secondary N) is 1. The van der Waals surface area contributed by atoms with Crippen LogP contribution >= 0.6 is 11.3 Å². The van der Waals surface area contributed by atoms with Crippen LogP contribution in [0, 0.1) is 0 Å². The number of hydrogen-bond donors (Lipinski definition) is 1. The second-order valence-electron chi connectivity index (χ2n) is 2.63. The fraction of sp³-hybridized carbons (Fsp3) is 0.500. The molecule has 0 saturated heterocycles. The van der Waals surface area contributed by atoms with Crippen LogP contribution in [0.4, 0.5) is 0 Å². The first-order valence-corrected chi connectivity index (χ1v) is 4.60. The van der Waals surface area contributed by atoms with Crippen molar-refractivity contribution in [3.8, 4) is 0 Å². The van der Waals surface area contributed by atoms with Gasteiger partial charge in [0.15, 0.2) is 0 Å². The average molecular weight is 170 g/mol. The Morgan fingerprint density at radius 1 is 1.55 bits per heavy atom. The Morgan fingerprint density at radius 2 is 2.36 bits per heavy atom. The van der Waals surface area contributed by atoms with Crippen LogP contribution in [0.2, 0.25) is 0 Å². The van der Waals surface area contributed by atoms with Crippen LogP contribution in [-0.4, -0.2) is 25.6 Å². The van der Waals surface area contributed by atoms with Gasteiger partial charge in [0.1, 0.15) is 0 Å². The zero-order valence-corrected chi connectivity index (χ0v) is 7.82. The van der Waals surface area contributed by atoms with Crippen LogP contribution in [0.3, 0.4) is 0 Å². The standard InChI is InChI=1S/C8H14N2S/c1-10(2)9-6-5-8-4-3-7-11-8/h3-4,7,9H,5-6H2,1-2H3. The third kappa shape index (κ3) is 3.51. The van der Waals surface area contributed by atoms with Crippen molar-refractivity contribution in [2.45, 2.75) is 6.42 Å². The lowest BCUT2D eigenvalue weighted by Crippen LogP contribution is -2.31. The maximum atomic E-state index is 3.22. The summed E-state index contributed by atoms with van der Waals surface area (Å²) in [5.41, 5.74) is 3.22. The van der Waals surface area contributed by atoms with Crippen molar-refractivity contribution in [3.63, 3.8) is 0 Å². The molecule has 0 spiro atoms. The third-order valence-electron chi connectivity index (χ3n) is 1.38. The first-order valence-electron chi connectivity index (χ1n) is 3.72. The quantitative estimate of drug-likeness (QED) is 0.686. The monoisotopic (exact) mass is 170 g/mol. The van der Waals surface area contributed by atoms with E-state index in [0.29, 0.717) is 0 Å². The van der Waals surface area contributed by atoms with Crippen molar-refractivity contribution >= 4 is 11.3 Å². The molecule has 0 aromatic carbocycles. The second-order valence-corrected chi connectivity index (χ2v) is 3.66. The van der Waals surface area contributed by atoms with Gasteiger partial charge in [0.05, 0.1) is 0 Å². The van der Waals surface area contributed by atoms with Crippen molar-refractivity contribution in [2.24, 2.45) is 0 Å². The molecule has 11 heavy (non-hydrogen) atoms. The molecule has 62 valence electrons. The highest BCUT2D eigenvalue weighted by molar-refractivity contribution is 7.09. The summed E-state index contributed by atoms with van der Waals surface area (Å²) in [5.74, 6) is 0. The van der Waals surface area contributed by atoms with E-state index in [1.54, 1.807) is 0 Å². The minimum Gasteiger partial charge on any atom is -0.255 e. The zero-order valence-electron chi connectivity index (χ0n) is 7.00. The van der Waals surface area contributed by atoms with E-state index in [1.807, 2.05) is 30.4 Å². The van der Waals surface area contributed by atoms with E-state index in [9.17, 15) is 0 Å². The lowest BCUT2D eigenvalue weighted by atomic mass is 10.3. The van der Waals surface area contributed by atoms with Gasteiger partial charge in [-0.05, 0) is 17.9 Å².